The lowest BCUT2D eigenvalue weighted by molar-refractivity contribution is 0.100. The van der Waals surface area contributed by atoms with Crippen molar-refractivity contribution in [1.82, 2.24) is 9.78 Å². The zero-order valence-corrected chi connectivity index (χ0v) is 9.07. The number of hydrogen-bond acceptors (Lipinski definition) is 3. The van der Waals surface area contributed by atoms with Crippen molar-refractivity contribution in [1.29, 1.82) is 0 Å². The van der Waals surface area contributed by atoms with E-state index in [9.17, 15) is 4.79 Å². The summed E-state index contributed by atoms with van der Waals surface area (Å²) in [6.07, 6.45) is 1.82. The molecule has 0 saturated heterocycles. The molecule has 0 fully saturated rings. The molecule has 0 aromatic carbocycles. The number of nitrogens with zero attached hydrogens (tertiary/aromatic N) is 2. The van der Waals surface area contributed by atoms with Crippen molar-refractivity contribution in [2.24, 2.45) is 0 Å². The smallest absolute Gasteiger partial charge is 0.183 e. The van der Waals surface area contributed by atoms with Crippen molar-refractivity contribution in [3.8, 4) is 5.75 Å². The maximum atomic E-state index is 11.2. The van der Waals surface area contributed by atoms with Gasteiger partial charge in [-0.25, -0.2) is 0 Å². The van der Waals surface area contributed by atoms with E-state index < -0.39 is 0 Å². The monoisotopic (exact) mass is 196 g/mol. The molecule has 0 aliphatic rings. The minimum Gasteiger partial charge on any atom is -0.487 e. The molecular weight excluding hydrogens is 180 g/mol. The fourth-order valence-corrected chi connectivity index (χ4v) is 1.15. The predicted octanol–water partition coefficient (Wildman–Crippen LogP) is 1.89. The summed E-state index contributed by atoms with van der Waals surface area (Å²) >= 11 is 0. The van der Waals surface area contributed by atoms with E-state index in [1.165, 1.54) is 6.92 Å². The fraction of sp³-hybridized carbons (Fsp3) is 0.600. The van der Waals surface area contributed by atoms with Gasteiger partial charge in [0.05, 0.1) is 12.3 Å². The number of ketones is 1. The summed E-state index contributed by atoms with van der Waals surface area (Å²) in [5.74, 6) is 0.516. The third-order valence-electron chi connectivity index (χ3n) is 1.75. The lowest BCUT2D eigenvalue weighted by Crippen LogP contribution is -2.07. The Balaban J connectivity index is 2.99. The van der Waals surface area contributed by atoms with Gasteiger partial charge in [0, 0.05) is 13.5 Å². The van der Waals surface area contributed by atoms with Crippen LogP contribution in [0.2, 0.25) is 0 Å². The zero-order chi connectivity index (χ0) is 10.7. The summed E-state index contributed by atoms with van der Waals surface area (Å²) in [6, 6.07) is 0. The molecule has 4 heteroatoms. The van der Waals surface area contributed by atoms with Gasteiger partial charge in [0.1, 0.15) is 0 Å². The second-order valence-corrected chi connectivity index (χ2v) is 3.42. The number of Topliss-reactive ketones (excluding diaryl/α,β-unsaturated/α-hetero) is 1. The van der Waals surface area contributed by atoms with Gasteiger partial charge in [-0.15, -0.1) is 0 Å². The van der Waals surface area contributed by atoms with Gasteiger partial charge >= 0.3 is 0 Å². The van der Waals surface area contributed by atoms with Gasteiger partial charge in [-0.3, -0.25) is 9.48 Å². The summed E-state index contributed by atoms with van der Waals surface area (Å²) in [5.41, 5.74) is 0.417. The largest absolute Gasteiger partial charge is 0.487 e. The summed E-state index contributed by atoms with van der Waals surface area (Å²) in [7, 11) is 0. The highest BCUT2D eigenvalue weighted by Gasteiger charge is 2.14. The molecule has 0 atom stereocenters. The van der Waals surface area contributed by atoms with Gasteiger partial charge in [0.15, 0.2) is 17.2 Å². The molecule has 78 valence electrons. The maximum absolute atomic E-state index is 11.2. The Morgan fingerprint density at radius 1 is 1.64 bits per heavy atom. The standard InChI is InChI=1S/C10H16N2O2/c1-5-12-6-9(14-7(2)3)10(11-12)8(4)13/h6-7H,5H2,1-4H3. The second kappa shape index (κ2) is 4.26. The van der Waals surface area contributed by atoms with E-state index in [-0.39, 0.29) is 11.9 Å². The van der Waals surface area contributed by atoms with Crippen molar-refractivity contribution in [2.75, 3.05) is 0 Å². The van der Waals surface area contributed by atoms with Gasteiger partial charge in [0.2, 0.25) is 0 Å². The van der Waals surface area contributed by atoms with E-state index in [1.54, 1.807) is 10.9 Å². The van der Waals surface area contributed by atoms with Crippen LogP contribution in [0.1, 0.15) is 38.2 Å². The first-order valence-electron chi connectivity index (χ1n) is 4.79. The summed E-state index contributed by atoms with van der Waals surface area (Å²) in [4.78, 5) is 11.2. The van der Waals surface area contributed by atoms with E-state index in [0.29, 0.717) is 11.4 Å². The summed E-state index contributed by atoms with van der Waals surface area (Å²) < 4.78 is 7.19. The van der Waals surface area contributed by atoms with E-state index in [2.05, 4.69) is 5.10 Å². The molecular formula is C10H16N2O2. The Morgan fingerprint density at radius 2 is 2.29 bits per heavy atom. The van der Waals surface area contributed by atoms with Gasteiger partial charge in [0.25, 0.3) is 0 Å². The van der Waals surface area contributed by atoms with Gasteiger partial charge < -0.3 is 4.74 Å². The van der Waals surface area contributed by atoms with Crippen molar-refractivity contribution < 1.29 is 9.53 Å². The number of aryl methyl sites for hydroxylation is 1. The molecule has 0 N–H and O–H groups in total. The molecule has 0 aliphatic heterocycles. The lowest BCUT2D eigenvalue weighted by atomic mass is 10.3. The van der Waals surface area contributed by atoms with Gasteiger partial charge in [-0.05, 0) is 20.8 Å². The molecule has 1 aromatic heterocycles. The first kappa shape index (κ1) is 10.8. The lowest BCUT2D eigenvalue weighted by Gasteiger charge is -2.07. The van der Waals surface area contributed by atoms with E-state index in [4.69, 9.17) is 4.74 Å². The SMILES string of the molecule is CCn1cc(OC(C)C)c(C(C)=O)n1. The molecule has 0 spiro atoms. The molecule has 14 heavy (non-hydrogen) atoms. The van der Waals surface area contributed by atoms with Crippen LogP contribution in [0.25, 0.3) is 0 Å². The second-order valence-electron chi connectivity index (χ2n) is 3.42. The van der Waals surface area contributed by atoms with Crippen molar-refractivity contribution in [3.63, 3.8) is 0 Å². The molecule has 0 unspecified atom stereocenters. The van der Waals surface area contributed by atoms with Crippen LogP contribution in [0.3, 0.4) is 0 Å². The Kier molecular flexibility index (Phi) is 3.28. The molecule has 1 heterocycles. The van der Waals surface area contributed by atoms with Crippen LogP contribution in [0.4, 0.5) is 0 Å². The van der Waals surface area contributed by atoms with Crippen LogP contribution >= 0.6 is 0 Å². The average Bonchev–Trinajstić information content (AvgIpc) is 2.46. The number of aromatic nitrogens is 2. The summed E-state index contributed by atoms with van der Waals surface area (Å²) in [6.45, 7) is 8.05. The first-order valence-corrected chi connectivity index (χ1v) is 4.79. The van der Waals surface area contributed by atoms with E-state index >= 15 is 0 Å². The highest BCUT2D eigenvalue weighted by Crippen LogP contribution is 2.18. The number of carbonyl (C=O) groups is 1. The van der Waals surface area contributed by atoms with Crippen LogP contribution in [0.15, 0.2) is 6.20 Å². The fourth-order valence-electron chi connectivity index (χ4n) is 1.15. The van der Waals surface area contributed by atoms with Crippen LogP contribution in [0.5, 0.6) is 5.75 Å². The number of hydrogen-bond donors (Lipinski definition) is 0. The van der Waals surface area contributed by atoms with Crippen molar-refractivity contribution in [2.45, 2.75) is 40.3 Å². The molecule has 0 aliphatic carbocycles. The third kappa shape index (κ3) is 2.34. The van der Waals surface area contributed by atoms with E-state index in [1.807, 2.05) is 20.8 Å². The number of rotatable bonds is 4. The van der Waals surface area contributed by atoms with Gasteiger partial charge in [-0.2, -0.15) is 5.10 Å². The Bertz CT molecular complexity index is 329. The van der Waals surface area contributed by atoms with Crippen LogP contribution in [-0.4, -0.2) is 21.7 Å². The minimum absolute atomic E-state index is 0.0580. The molecule has 0 radical (unpaired) electrons. The normalized spacial score (nSPS) is 10.6. The van der Waals surface area contributed by atoms with Crippen LogP contribution in [0, 0.1) is 0 Å². The minimum atomic E-state index is -0.0622. The Labute approximate surface area is 83.9 Å². The van der Waals surface area contributed by atoms with Crippen molar-refractivity contribution in [3.05, 3.63) is 11.9 Å². The highest BCUT2D eigenvalue weighted by atomic mass is 16.5. The third-order valence-corrected chi connectivity index (χ3v) is 1.75. The van der Waals surface area contributed by atoms with Crippen LogP contribution < -0.4 is 4.74 Å². The average molecular weight is 196 g/mol. The van der Waals surface area contributed by atoms with E-state index in [0.717, 1.165) is 6.54 Å². The molecule has 1 aromatic rings. The summed E-state index contributed by atoms with van der Waals surface area (Å²) in [5, 5.41) is 4.12. The Hall–Kier alpha value is -1.32. The predicted molar refractivity (Wildman–Crippen MR) is 53.7 cm³/mol. The van der Waals surface area contributed by atoms with Crippen LogP contribution in [-0.2, 0) is 6.54 Å². The highest BCUT2D eigenvalue weighted by molar-refractivity contribution is 5.94. The molecule has 0 saturated carbocycles. The molecule has 0 bridgehead atoms. The maximum Gasteiger partial charge on any atom is 0.183 e. The molecule has 1 rings (SSSR count). The zero-order valence-electron chi connectivity index (χ0n) is 9.07. The number of carbonyl (C=O) groups excluding carboxylic acids is 1. The topological polar surface area (TPSA) is 44.1 Å². The first-order chi connectivity index (χ1) is 6.54. The number of ether oxygens (including phenoxy) is 1. The Morgan fingerprint density at radius 3 is 2.71 bits per heavy atom. The molecule has 4 nitrogen and oxygen atoms in total. The van der Waals surface area contributed by atoms with Gasteiger partial charge in [-0.1, -0.05) is 0 Å². The van der Waals surface area contributed by atoms with Crippen molar-refractivity contribution >= 4 is 5.78 Å². The quantitative estimate of drug-likeness (QED) is 0.691. The molecule has 0 amide bonds.